The molecular formula is C18H11F3N2S2. The Morgan fingerprint density at radius 3 is 2.16 bits per heavy atom. The first kappa shape index (κ1) is 16.4. The Bertz CT molecular complexity index is 926. The highest BCUT2D eigenvalue weighted by Crippen LogP contribution is 2.57. The number of hydrogen-bond acceptors (Lipinski definition) is 4. The van der Waals surface area contributed by atoms with Crippen LogP contribution in [0.5, 0.6) is 0 Å². The second kappa shape index (κ2) is 6.00. The van der Waals surface area contributed by atoms with Crippen molar-refractivity contribution < 1.29 is 13.2 Å². The molecule has 2 nitrogen and oxygen atoms in total. The number of rotatable bonds is 3. The third kappa shape index (κ3) is 2.77. The van der Waals surface area contributed by atoms with Crippen LogP contribution in [0.3, 0.4) is 0 Å². The van der Waals surface area contributed by atoms with Crippen molar-refractivity contribution in [3.8, 4) is 10.4 Å². The molecule has 0 bridgehead atoms. The Morgan fingerprint density at radius 1 is 0.840 bits per heavy atom. The van der Waals surface area contributed by atoms with Crippen molar-refractivity contribution in [2.24, 2.45) is 4.99 Å². The monoisotopic (exact) mass is 376 g/mol. The van der Waals surface area contributed by atoms with E-state index in [1.165, 1.54) is 35.6 Å². The van der Waals surface area contributed by atoms with Crippen LogP contribution in [0.4, 0.5) is 13.2 Å². The molecule has 3 aromatic rings. The van der Waals surface area contributed by atoms with Crippen LogP contribution in [-0.2, 0) is 5.00 Å². The summed E-state index contributed by atoms with van der Waals surface area (Å²) in [6.45, 7) is 0. The van der Waals surface area contributed by atoms with Crippen molar-refractivity contribution in [1.82, 2.24) is 4.98 Å². The number of thioether (sulfide) groups is 1. The lowest BCUT2D eigenvalue weighted by Gasteiger charge is -2.24. The van der Waals surface area contributed by atoms with Crippen molar-refractivity contribution in [1.29, 1.82) is 0 Å². The van der Waals surface area contributed by atoms with Crippen molar-refractivity contribution in [3.05, 3.63) is 77.4 Å². The van der Waals surface area contributed by atoms with Crippen LogP contribution >= 0.6 is 23.1 Å². The highest BCUT2D eigenvalue weighted by Gasteiger charge is 2.62. The molecule has 1 atom stereocenters. The molecule has 0 saturated heterocycles. The largest absolute Gasteiger partial charge is 0.391 e. The Labute approximate surface area is 150 Å². The first-order valence-corrected chi connectivity index (χ1v) is 9.06. The van der Waals surface area contributed by atoms with Crippen LogP contribution in [0, 0.1) is 0 Å². The SMILES string of the molecule is FC1(F)N=C(c2ncc(-c3ccccc3)s2)SC1(F)c1ccccc1. The maximum atomic E-state index is 15.2. The van der Waals surface area contributed by atoms with E-state index in [2.05, 4.69) is 9.98 Å². The number of nitrogens with zero attached hydrogens (tertiary/aromatic N) is 2. The number of halogens is 3. The number of aromatic nitrogens is 1. The Kier molecular flexibility index (Phi) is 3.92. The van der Waals surface area contributed by atoms with E-state index < -0.39 is 11.0 Å². The van der Waals surface area contributed by atoms with E-state index in [1.807, 2.05) is 30.3 Å². The van der Waals surface area contributed by atoms with Gasteiger partial charge >= 0.3 is 6.05 Å². The summed E-state index contributed by atoms with van der Waals surface area (Å²) in [7, 11) is 0. The van der Waals surface area contributed by atoms with E-state index in [4.69, 9.17) is 0 Å². The number of thiazole rings is 1. The van der Waals surface area contributed by atoms with E-state index in [0.29, 0.717) is 16.8 Å². The van der Waals surface area contributed by atoms with Crippen molar-refractivity contribution in [2.75, 3.05) is 0 Å². The highest BCUT2D eigenvalue weighted by molar-refractivity contribution is 8.15. The average molecular weight is 376 g/mol. The summed E-state index contributed by atoms with van der Waals surface area (Å²) >= 11 is 1.63. The fourth-order valence-electron chi connectivity index (χ4n) is 2.50. The van der Waals surface area contributed by atoms with Crippen LogP contribution in [-0.4, -0.2) is 16.1 Å². The van der Waals surface area contributed by atoms with Gasteiger partial charge in [0.2, 0.25) is 0 Å². The lowest BCUT2D eigenvalue weighted by Crippen LogP contribution is -2.33. The normalized spacial score (nSPS) is 22.0. The topological polar surface area (TPSA) is 25.2 Å². The molecule has 4 rings (SSSR count). The first-order valence-electron chi connectivity index (χ1n) is 7.42. The van der Waals surface area contributed by atoms with Crippen molar-refractivity contribution in [3.63, 3.8) is 0 Å². The van der Waals surface area contributed by atoms with Gasteiger partial charge in [-0.25, -0.2) is 14.4 Å². The molecule has 0 radical (unpaired) electrons. The molecule has 0 amide bonds. The van der Waals surface area contributed by atoms with Gasteiger partial charge in [-0.15, -0.1) is 11.3 Å². The molecule has 1 aliphatic heterocycles. The molecule has 1 unspecified atom stereocenters. The predicted octanol–water partition coefficient (Wildman–Crippen LogP) is 5.72. The maximum Gasteiger partial charge on any atom is 0.391 e. The molecule has 0 aliphatic carbocycles. The quantitative estimate of drug-likeness (QED) is 0.546. The van der Waals surface area contributed by atoms with E-state index in [-0.39, 0.29) is 10.6 Å². The molecule has 7 heteroatoms. The third-order valence-corrected chi connectivity index (χ3v) is 6.18. The van der Waals surface area contributed by atoms with Crippen molar-refractivity contribution >= 4 is 28.1 Å². The van der Waals surface area contributed by atoms with Gasteiger partial charge < -0.3 is 0 Å². The zero-order valence-corrected chi connectivity index (χ0v) is 14.3. The summed E-state index contributed by atoms with van der Waals surface area (Å²) in [6.07, 6.45) is 1.59. The minimum atomic E-state index is -3.85. The Morgan fingerprint density at radius 2 is 1.48 bits per heavy atom. The van der Waals surface area contributed by atoms with E-state index in [9.17, 15) is 8.78 Å². The summed E-state index contributed by atoms with van der Waals surface area (Å²) in [5, 5.41) is -2.72. The van der Waals surface area contributed by atoms with Gasteiger partial charge in [-0.05, 0) is 17.3 Å². The average Bonchev–Trinajstić information content (AvgIpc) is 3.20. The smallest absolute Gasteiger partial charge is 0.242 e. The first-order chi connectivity index (χ1) is 12.0. The van der Waals surface area contributed by atoms with E-state index in [1.54, 1.807) is 12.3 Å². The Balaban J connectivity index is 1.68. The maximum absolute atomic E-state index is 15.2. The molecule has 1 aromatic heterocycles. The molecule has 0 spiro atoms. The number of alkyl halides is 3. The lowest BCUT2D eigenvalue weighted by molar-refractivity contribution is -0.0815. The third-order valence-electron chi connectivity index (χ3n) is 3.76. The zero-order chi connectivity index (χ0) is 17.5. The molecule has 1 aliphatic rings. The second-order valence-corrected chi connectivity index (χ2v) is 7.60. The van der Waals surface area contributed by atoms with Crippen LogP contribution < -0.4 is 0 Å². The molecule has 25 heavy (non-hydrogen) atoms. The number of benzene rings is 2. The molecular weight excluding hydrogens is 365 g/mol. The number of aliphatic imine (C=N–C) groups is 1. The lowest BCUT2D eigenvalue weighted by atomic mass is 10.1. The molecule has 0 N–H and O–H groups in total. The standard InChI is InChI=1S/C18H11F3N2S2/c19-17(13-9-5-2-6-10-13)18(20,21)23-16(25-17)15-22-11-14(24-15)12-7-3-1-4-8-12/h1-11H. The molecule has 2 aromatic carbocycles. The summed E-state index contributed by atoms with van der Waals surface area (Å²) in [6, 6.07) is 13.0. The van der Waals surface area contributed by atoms with Gasteiger partial charge in [0.1, 0.15) is 10.1 Å². The second-order valence-electron chi connectivity index (χ2n) is 5.42. The minimum absolute atomic E-state index is 0.0801. The molecule has 0 fully saturated rings. The van der Waals surface area contributed by atoms with Gasteiger partial charge in [-0.1, -0.05) is 60.7 Å². The summed E-state index contributed by atoms with van der Waals surface area (Å²) in [4.78, 5) is 8.33. The van der Waals surface area contributed by atoms with Crippen LogP contribution in [0.1, 0.15) is 10.6 Å². The molecule has 126 valence electrons. The van der Waals surface area contributed by atoms with Gasteiger partial charge in [0.15, 0.2) is 0 Å². The number of hydrogen-bond donors (Lipinski definition) is 0. The van der Waals surface area contributed by atoms with Gasteiger partial charge in [0.25, 0.3) is 5.00 Å². The zero-order valence-electron chi connectivity index (χ0n) is 12.7. The van der Waals surface area contributed by atoms with Gasteiger partial charge in [-0.2, -0.15) is 8.78 Å². The van der Waals surface area contributed by atoms with Crippen LogP contribution in [0.2, 0.25) is 0 Å². The summed E-state index contributed by atoms with van der Waals surface area (Å²) in [5.41, 5.74) is 0.819. The van der Waals surface area contributed by atoms with Gasteiger partial charge in [0, 0.05) is 11.8 Å². The minimum Gasteiger partial charge on any atom is -0.242 e. The predicted molar refractivity (Wildman–Crippen MR) is 95.9 cm³/mol. The van der Waals surface area contributed by atoms with E-state index >= 15 is 4.39 Å². The van der Waals surface area contributed by atoms with Gasteiger partial charge in [-0.3, -0.25) is 0 Å². The van der Waals surface area contributed by atoms with Crippen LogP contribution in [0.15, 0.2) is 71.9 Å². The highest BCUT2D eigenvalue weighted by atomic mass is 32.2. The van der Waals surface area contributed by atoms with Gasteiger partial charge in [0.05, 0.1) is 4.88 Å². The summed E-state index contributed by atoms with van der Waals surface area (Å²) < 4.78 is 43.8. The van der Waals surface area contributed by atoms with Crippen molar-refractivity contribution in [2.45, 2.75) is 11.0 Å². The molecule has 0 saturated carbocycles. The van der Waals surface area contributed by atoms with E-state index in [0.717, 1.165) is 10.4 Å². The fourth-order valence-corrected chi connectivity index (χ4v) is 4.55. The molecule has 2 heterocycles. The van der Waals surface area contributed by atoms with Crippen LogP contribution in [0.25, 0.3) is 10.4 Å². The summed E-state index contributed by atoms with van der Waals surface area (Å²) in [5.74, 6) is 0. The Hall–Kier alpha value is -2.12. The fraction of sp³-hybridized carbons (Fsp3) is 0.111.